The number of rotatable bonds is 5. The van der Waals surface area contributed by atoms with E-state index >= 15 is 0 Å². The highest BCUT2D eigenvalue weighted by atomic mass is 16.6. The number of anilines is 1. The fourth-order valence-corrected chi connectivity index (χ4v) is 3.89. The van der Waals surface area contributed by atoms with Crippen molar-refractivity contribution in [2.45, 2.75) is 58.1 Å². The van der Waals surface area contributed by atoms with E-state index in [2.05, 4.69) is 20.2 Å². The number of carbonyl (C=O) groups excluding carboxylic acids is 1. The van der Waals surface area contributed by atoms with Gasteiger partial charge in [-0.05, 0) is 58.9 Å². The summed E-state index contributed by atoms with van der Waals surface area (Å²) in [5.41, 5.74) is 0.0400. The first kappa shape index (κ1) is 21.3. The molecule has 3 rings (SSSR count). The van der Waals surface area contributed by atoms with Crippen LogP contribution in [-0.4, -0.2) is 70.2 Å². The minimum absolute atomic E-state index is 0.186. The molecule has 158 valence electrons. The molecular formula is C21H32N6O2. The van der Waals surface area contributed by atoms with Gasteiger partial charge < -0.3 is 19.9 Å². The van der Waals surface area contributed by atoms with Crippen LogP contribution >= 0.6 is 0 Å². The number of carbonyl (C=O) groups is 1. The number of nitrogens with one attached hydrogen (secondary N) is 1. The Hall–Kier alpha value is -2.40. The first-order valence-electron chi connectivity index (χ1n) is 10.5. The molecule has 1 N–H and O–H groups in total. The first-order valence-corrected chi connectivity index (χ1v) is 10.5. The van der Waals surface area contributed by atoms with E-state index in [0.29, 0.717) is 23.5 Å². The Balaban J connectivity index is 1.34. The van der Waals surface area contributed by atoms with Crippen LogP contribution in [0.25, 0.3) is 0 Å². The second kappa shape index (κ2) is 9.40. The van der Waals surface area contributed by atoms with Gasteiger partial charge in [0.1, 0.15) is 11.7 Å². The van der Waals surface area contributed by atoms with Gasteiger partial charge in [0.25, 0.3) is 0 Å². The summed E-state index contributed by atoms with van der Waals surface area (Å²) in [4.78, 5) is 24.9. The molecule has 2 saturated heterocycles. The number of nitriles is 1. The third-order valence-electron chi connectivity index (χ3n) is 5.51. The van der Waals surface area contributed by atoms with Crippen LogP contribution < -0.4 is 5.32 Å². The molecule has 1 aromatic heterocycles. The molecule has 0 spiro atoms. The molecule has 8 nitrogen and oxygen atoms in total. The SMILES string of the molecule is CC(C)(C)OC(=O)N1CCC(CCN2CC[C@@H](Nc3ncc(C#N)cn3)C2)CC1. The standard InChI is InChI=1S/C21H32N6O2/c1-21(2,3)29-20(28)27-10-5-16(6-11-27)4-8-26-9-7-18(15-26)25-19-23-13-17(12-22)14-24-19/h13-14,16,18H,4-11,15H2,1-3H3,(H,23,24,25)/t18-/m1/s1. The van der Waals surface area contributed by atoms with Crippen molar-refractivity contribution in [3.05, 3.63) is 18.0 Å². The van der Waals surface area contributed by atoms with Crippen LogP contribution in [0.2, 0.25) is 0 Å². The lowest BCUT2D eigenvalue weighted by Crippen LogP contribution is -2.42. The van der Waals surface area contributed by atoms with Crippen LogP contribution in [0.3, 0.4) is 0 Å². The Morgan fingerprint density at radius 3 is 2.55 bits per heavy atom. The van der Waals surface area contributed by atoms with Gasteiger partial charge in [-0.15, -0.1) is 0 Å². The molecule has 0 bridgehead atoms. The van der Waals surface area contributed by atoms with Crippen LogP contribution in [0.15, 0.2) is 12.4 Å². The average Bonchev–Trinajstić information content (AvgIpc) is 3.13. The summed E-state index contributed by atoms with van der Waals surface area (Å²) >= 11 is 0. The van der Waals surface area contributed by atoms with Crippen LogP contribution in [0, 0.1) is 17.2 Å². The van der Waals surface area contributed by atoms with Gasteiger partial charge >= 0.3 is 6.09 Å². The minimum Gasteiger partial charge on any atom is -0.444 e. The molecule has 29 heavy (non-hydrogen) atoms. The summed E-state index contributed by atoms with van der Waals surface area (Å²) in [5, 5.41) is 12.2. The lowest BCUT2D eigenvalue weighted by molar-refractivity contribution is 0.0178. The maximum absolute atomic E-state index is 12.2. The third kappa shape index (κ3) is 6.57. The van der Waals surface area contributed by atoms with Gasteiger partial charge in [0.2, 0.25) is 5.95 Å². The zero-order chi connectivity index (χ0) is 20.9. The molecule has 2 aliphatic heterocycles. The smallest absolute Gasteiger partial charge is 0.410 e. The molecule has 0 saturated carbocycles. The van der Waals surface area contributed by atoms with E-state index in [1.807, 2.05) is 31.7 Å². The Labute approximate surface area is 173 Å². The van der Waals surface area contributed by atoms with Crippen molar-refractivity contribution in [3.63, 3.8) is 0 Å². The predicted molar refractivity (Wildman–Crippen MR) is 110 cm³/mol. The Bertz CT molecular complexity index is 716. The number of piperidine rings is 1. The van der Waals surface area contributed by atoms with Gasteiger partial charge in [0, 0.05) is 32.2 Å². The topological polar surface area (TPSA) is 94.4 Å². The fraction of sp³-hybridized carbons (Fsp3) is 0.714. The Kier molecular flexibility index (Phi) is 6.91. The summed E-state index contributed by atoms with van der Waals surface area (Å²) in [6, 6.07) is 2.38. The summed E-state index contributed by atoms with van der Waals surface area (Å²) in [6.07, 6.45) is 7.25. The predicted octanol–water partition coefficient (Wildman–Crippen LogP) is 2.87. The monoisotopic (exact) mass is 400 g/mol. The quantitative estimate of drug-likeness (QED) is 0.812. The largest absolute Gasteiger partial charge is 0.444 e. The van der Waals surface area contributed by atoms with Crippen molar-refractivity contribution in [3.8, 4) is 6.07 Å². The molecule has 0 radical (unpaired) electrons. The van der Waals surface area contributed by atoms with Gasteiger partial charge in [-0.3, -0.25) is 0 Å². The van der Waals surface area contributed by atoms with Crippen molar-refractivity contribution in [1.29, 1.82) is 5.26 Å². The molecular weight excluding hydrogens is 368 g/mol. The average molecular weight is 401 g/mol. The number of nitrogens with zero attached hydrogens (tertiary/aromatic N) is 5. The van der Waals surface area contributed by atoms with Crippen molar-refractivity contribution in [2.75, 3.05) is 38.0 Å². The van der Waals surface area contributed by atoms with E-state index in [1.54, 1.807) is 12.4 Å². The number of amides is 1. The van der Waals surface area contributed by atoms with Gasteiger partial charge in [0.05, 0.1) is 18.0 Å². The normalized spacial score (nSPS) is 21.0. The lowest BCUT2D eigenvalue weighted by Gasteiger charge is -2.34. The zero-order valence-electron chi connectivity index (χ0n) is 17.7. The van der Waals surface area contributed by atoms with Crippen molar-refractivity contribution >= 4 is 12.0 Å². The molecule has 0 unspecified atom stereocenters. The molecule has 1 atom stereocenters. The fourth-order valence-electron chi connectivity index (χ4n) is 3.89. The van der Waals surface area contributed by atoms with E-state index in [0.717, 1.165) is 52.0 Å². The van der Waals surface area contributed by atoms with Gasteiger partial charge in [0.15, 0.2) is 0 Å². The van der Waals surface area contributed by atoms with Crippen molar-refractivity contribution in [2.24, 2.45) is 5.92 Å². The molecule has 2 fully saturated rings. The molecule has 2 aliphatic rings. The highest BCUT2D eigenvalue weighted by Crippen LogP contribution is 2.23. The Morgan fingerprint density at radius 1 is 1.24 bits per heavy atom. The minimum atomic E-state index is -0.433. The maximum atomic E-state index is 12.2. The molecule has 8 heteroatoms. The van der Waals surface area contributed by atoms with Crippen LogP contribution in [0.5, 0.6) is 0 Å². The Morgan fingerprint density at radius 2 is 1.93 bits per heavy atom. The van der Waals surface area contributed by atoms with Gasteiger partial charge in [-0.25, -0.2) is 14.8 Å². The van der Waals surface area contributed by atoms with Crippen LogP contribution in [0.1, 0.15) is 52.0 Å². The number of hydrogen-bond acceptors (Lipinski definition) is 7. The summed E-state index contributed by atoms with van der Waals surface area (Å²) in [7, 11) is 0. The molecule has 1 amide bonds. The summed E-state index contributed by atoms with van der Waals surface area (Å²) in [6.45, 7) is 10.4. The van der Waals surface area contributed by atoms with Crippen molar-refractivity contribution < 1.29 is 9.53 Å². The maximum Gasteiger partial charge on any atom is 0.410 e. The highest BCUT2D eigenvalue weighted by Gasteiger charge is 2.28. The second-order valence-corrected chi connectivity index (χ2v) is 9.04. The molecule has 1 aromatic rings. The first-order chi connectivity index (χ1) is 13.8. The van der Waals surface area contributed by atoms with E-state index in [1.165, 1.54) is 6.42 Å². The van der Waals surface area contributed by atoms with Gasteiger partial charge in [-0.2, -0.15) is 5.26 Å². The van der Waals surface area contributed by atoms with E-state index in [4.69, 9.17) is 10.00 Å². The molecule has 0 aromatic carbocycles. The van der Waals surface area contributed by atoms with Crippen LogP contribution in [-0.2, 0) is 4.74 Å². The summed E-state index contributed by atoms with van der Waals surface area (Å²) in [5.74, 6) is 1.26. The second-order valence-electron chi connectivity index (χ2n) is 9.04. The number of aromatic nitrogens is 2. The van der Waals surface area contributed by atoms with Crippen molar-refractivity contribution in [1.82, 2.24) is 19.8 Å². The van der Waals surface area contributed by atoms with E-state index in [9.17, 15) is 4.79 Å². The van der Waals surface area contributed by atoms with E-state index in [-0.39, 0.29) is 6.09 Å². The van der Waals surface area contributed by atoms with Gasteiger partial charge in [-0.1, -0.05) is 0 Å². The zero-order valence-corrected chi connectivity index (χ0v) is 17.7. The lowest BCUT2D eigenvalue weighted by atomic mass is 9.93. The number of likely N-dealkylation sites (tertiary alicyclic amines) is 2. The highest BCUT2D eigenvalue weighted by molar-refractivity contribution is 5.68. The number of hydrogen-bond donors (Lipinski definition) is 1. The molecule has 3 heterocycles. The number of ether oxygens (including phenoxy) is 1. The van der Waals surface area contributed by atoms with Crippen LogP contribution in [0.4, 0.5) is 10.7 Å². The summed E-state index contributed by atoms with van der Waals surface area (Å²) < 4.78 is 5.47. The third-order valence-corrected chi connectivity index (χ3v) is 5.51. The van der Waals surface area contributed by atoms with E-state index < -0.39 is 5.60 Å². The molecule has 0 aliphatic carbocycles.